The van der Waals surface area contributed by atoms with Crippen LogP contribution in [0, 0.1) is 17.3 Å². The highest BCUT2D eigenvalue weighted by atomic mass is 16.2. The minimum atomic E-state index is -0.0303. The van der Waals surface area contributed by atoms with Gasteiger partial charge in [0, 0.05) is 18.1 Å². The van der Waals surface area contributed by atoms with Crippen LogP contribution in [0.15, 0.2) is 0 Å². The Morgan fingerprint density at radius 3 is 2.57 bits per heavy atom. The molecular formula is C19H35N3O. The molecule has 4 atom stereocenters. The van der Waals surface area contributed by atoms with Crippen molar-refractivity contribution < 1.29 is 4.79 Å². The first-order valence-electron chi connectivity index (χ1n) is 9.64. The van der Waals surface area contributed by atoms with Gasteiger partial charge in [0.25, 0.3) is 0 Å². The fraction of sp³-hybridized carbons (Fsp3) is 0.947. The predicted octanol–water partition coefficient (Wildman–Crippen LogP) is 2.39. The van der Waals surface area contributed by atoms with Crippen LogP contribution in [0.2, 0.25) is 0 Å². The smallest absolute Gasteiger partial charge is 0.234 e. The van der Waals surface area contributed by atoms with Crippen LogP contribution < -0.4 is 10.6 Å². The molecule has 132 valence electrons. The number of likely N-dealkylation sites (tertiary alicyclic amines) is 1. The molecule has 2 saturated carbocycles. The Kier molecular flexibility index (Phi) is 4.76. The van der Waals surface area contributed by atoms with E-state index < -0.39 is 0 Å². The van der Waals surface area contributed by atoms with Gasteiger partial charge in [0.05, 0.1) is 6.54 Å². The van der Waals surface area contributed by atoms with Crippen molar-refractivity contribution >= 4 is 5.91 Å². The van der Waals surface area contributed by atoms with E-state index in [2.05, 4.69) is 43.2 Å². The van der Waals surface area contributed by atoms with Crippen LogP contribution in [0.1, 0.15) is 59.8 Å². The summed E-state index contributed by atoms with van der Waals surface area (Å²) in [5.74, 6) is 1.62. The van der Waals surface area contributed by atoms with Crippen molar-refractivity contribution in [2.24, 2.45) is 17.3 Å². The lowest BCUT2D eigenvalue weighted by atomic mass is 9.64. The topological polar surface area (TPSA) is 44.4 Å². The van der Waals surface area contributed by atoms with Gasteiger partial charge in [0.2, 0.25) is 5.91 Å². The SMILES string of the molecule is CCN1CCC[C@H]1CNCC(=O)N[C@@]1(C)[C@H]2CC[C@@H](C2)C1(C)C. The summed E-state index contributed by atoms with van der Waals surface area (Å²) in [6, 6.07) is 0.613. The fourth-order valence-electron chi connectivity index (χ4n) is 5.60. The van der Waals surface area contributed by atoms with Crippen LogP contribution in [0.3, 0.4) is 0 Å². The number of carbonyl (C=O) groups is 1. The number of nitrogens with one attached hydrogen (secondary N) is 2. The first-order valence-corrected chi connectivity index (χ1v) is 9.64. The van der Waals surface area contributed by atoms with E-state index in [0.29, 0.717) is 18.5 Å². The minimum Gasteiger partial charge on any atom is -0.349 e. The average Bonchev–Trinajstić information content (AvgIpc) is 3.18. The number of hydrogen-bond donors (Lipinski definition) is 2. The van der Waals surface area contributed by atoms with Crippen LogP contribution in [0.25, 0.3) is 0 Å². The highest BCUT2D eigenvalue weighted by Crippen LogP contribution is 2.61. The molecule has 4 nitrogen and oxygen atoms in total. The van der Waals surface area contributed by atoms with Gasteiger partial charge in [-0.1, -0.05) is 20.8 Å². The molecule has 0 aromatic carbocycles. The number of nitrogens with zero attached hydrogens (tertiary/aromatic N) is 1. The first-order chi connectivity index (χ1) is 10.9. The standard InChI is InChI=1S/C19H35N3O/c1-5-22-10-6-7-16(22)12-20-13-17(23)21-19(4)15-9-8-14(11-15)18(19,2)3/h14-16,20H,5-13H2,1-4H3,(H,21,23)/t14-,15-,16-,19-/m0/s1. The van der Waals surface area contributed by atoms with Crippen molar-refractivity contribution in [2.75, 3.05) is 26.2 Å². The van der Waals surface area contributed by atoms with E-state index in [1.54, 1.807) is 0 Å². The summed E-state index contributed by atoms with van der Waals surface area (Å²) >= 11 is 0. The monoisotopic (exact) mass is 321 g/mol. The van der Waals surface area contributed by atoms with E-state index in [-0.39, 0.29) is 16.9 Å². The Labute approximate surface area is 141 Å². The lowest BCUT2D eigenvalue weighted by Gasteiger charge is -2.48. The van der Waals surface area contributed by atoms with Crippen molar-refractivity contribution in [3.05, 3.63) is 0 Å². The summed E-state index contributed by atoms with van der Waals surface area (Å²) in [5, 5.41) is 6.81. The summed E-state index contributed by atoms with van der Waals surface area (Å²) in [5.41, 5.74) is 0.188. The Hall–Kier alpha value is -0.610. The zero-order valence-electron chi connectivity index (χ0n) is 15.5. The van der Waals surface area contributed by atoms with Crippen LogP contribution in [0.5, 0.6) is 0 Å². The Morgan fingerprint density at radius 1 is 1.17 bits per heavy atom. The molecule has 0 aromatic rings. The van der Waals surface area contributed by atoms with Gasteiger partial charge in [-0.05, 0) is 69.4 Å². The van der Waals surface area contributed by atoms with Crippen molar-refractivity contribution in [1.82, 2.24) is 15.5 Å². The second-order valence-electron chi connectivity index (χ2n) is 8.73. The quantitative estimate of drug-likeness (QED) is 0.789. The van der Waals surface area contributed by atoms with Gasteiger partial charge < -0.3 is 10.6 Å². The third-order valence-corrected chi connectivity index (χ3v) is 7.58. The summed E-state index contributed by atoms with van der Waals surface area (Å²) in [6.07, 6.45) is 6.48. The third kappa shape index (κ3) is 2.93. The zero-order valence-corrected chi connectivity index (χ0v) is 15.5. The van der Waals surface area contributed by atoms with E-state index in [0.717, 1.165) is 19.0 Å². The molecule has 2 N–H and O–H groups in total. The van der Waals surface area contributed by atoms with Crippen LogP contribution >= 0.6 is 0 Å². The lowest BCUT2D eigenvalue weighted by molar-refractivity contribution is -0.124. The molecule has 2 aliphatic carbocycles. The van der Waals surface area contributed by atoms with Crippen molar-refractivity contribution in [3.63, 3.8) is 0 Å². The second-order valence-corrected chi connectivity index (χ2v) is 8.73. The predicted molar refractivity (Wildman–Crippen MR) is 94.3 cm³/mol. The molecule has 0 radical (unpaired) electrons. The summed E-state index contributed by atoms with van der Waals surface area (Å²) in [4.78, 5) is 15.0. The van der Waals surface area contributed by atoms with Gasteiger partial charge in [-0.15, -0.1) is 0 Å². The van der Waals surface area contributed by atoms with E-state index in [9.17, 15) is 4.79 Å². The Balaban J connectivity index is 1.48. The summed E-state index contributed by atoms with van der Waals surface area (Å²) in [7, 11) is 0. The average molecular weight is 322 g/mol. The normalized spacial score (nSPS) is 39.0. The van der Waals surface area contributed by atoms with Gasteiger partial charge >= 0.3 is 0 Å². The van der Waals surface area contributed by atoms with Gasteiger partial charge in [0.1, 0.15) is 0 Å². The largest absolute Gasteiger partial charge is 0.349 e. The van der Waals surface area contributed by atoms with E-state index >= 15 is 0 Å². The summed E-state index contributed by atoms with van der Waals surface area (Å²) < 4.78 is 0. The van der Waals surface area contributed by atoms with Crippen molar-refractivity contribution in [2.45, 2.75) is 71.4 Å². The number of amides is 1. The zero-order chi connectivity index (χ0) is 16.7. The molecular weight excluding hydrogens is 286 g/mol. The number of hydrogen-bond acceptors (Lipinski definition) is 3. The fourth-order valence-corrected chi connectivity index (χ4v) is 5.60. The minimum absolute atomic E-state index is 0.0303. The Bertz CT molecular complexity index is 450. The highest BCUT2D eigenvalue weighted by molar-refractivity contribution is 5.79. The number of carbonyl (C=O) groups excluding carboxylic acids is 1. The number of likely N-dealkylation sites (N-methyl/N-ethyl adjacent to an activating group) is 1. The highest BCUT2D eigenvalue weighted by Gasteiger charge is 2.60. The molecule has 2 bridgehead atoms. The molecule has 4 heteroatoms. The molecule has 1 heterocycles. The van der Waals surface area contributed by atoms with Crippen LogP contribution in [0.4, 0.5) is 0 Å². The maximum Gasteiger partial charge on any atom is 0.234 e. The van der Waals surface area contributed by atoms with Crippen molar-refractivity contribution in [3.8, 4) is 0 Å². The first kappa shape index (κ1) is 17.2. The molecule has 0 aromatic heterocycles. The molecule has 3 fully saturated rings. The summed E-state index contributed by atoms with van der Waals surface area (Å²) in [6.45, 7) is 12.9. The maximum absolute atomic E-state index is 12.5. The van der Waals surface area contributed by atoms with Crippen molar-refractivity contribution in [1.29, 1.82) is 0 Å². The van der Waals surface area contributed by atoms with Gasteiger partial charge in [-0.3, -0.25) is 9.69 Å². The second kappa shape index (κ2) is 6.36. The van der Waals surface area contributed by atoms with Gasteiger partial charge in [0.15, 0.2) is 0 Å². The maximum atomic E-state index is 12.5. The molecule has 0 spiro atoms. The third-order valence-electron chi connectivity index (χ3n) is 7.58. The van der Waals surface area contributed by atoms with Crippen LogP contribution in [-0.4, -0.2) is 48.6 Å². The molecule has 23 heavy (non-hydrogen) atoms. The number of rotatable bonds is 6. The lowest BCUT2D eigenvalue weighted by Crippen LogP contribution is -2.60. The number of fused-ring (bicyclic) bond motifs is 2. The van der Waals surface area contributed by atoms with Gasteiger partial charge in [-0.25, -0.2) is 0 Å². The van der Waals surface area contributed by atoms with E-state index in [4.69, 9.17) is 0 Å². The molecule has 0 unspecified atom stereocenters. The molecule has 3 aliphatic rings. The molecule has 1 saturated heterocycles. The van der Waals surface area contributed by atoms with E-state index in [1.807, 2.05) is 0 Å². The molecule has 1 aliphatic heterocycles. The molecule has 1 amide bonds. The Morgan fingerprint density at radius 2 is 1.91 bits per heavy atom. The van der Waals surface area contributed by atoms with Gasteiger partial charge in [-0.2, -0.15) is 0 Å². The molecule has 3 rings (SSSR count). The van der Waals surface area contributed by atoms with Crippen LogP contribution in [-0.2, 0) is 4.79 Å². The van der Waals surface area contributed by atoms with E-state index in [1.165, 1.54) is 38.6 Å².